The first kappa shape index (κ1) is 14.4. The minimum Gasteiger partial charge on any atom is -0.436 e. The van der Waals surface area contributed by atoms with Crippen LogP contribution in [0.1, 0.15) is 65.2 Å². The molecular weight excluding hydrogens is 192 g/mol. The normalized spacial score (nSPS) is 12.5. The van der Waals surface area contributed by atoms with E-state index in [0.717, 1.165) is 12.8 Å². The Morgan fingerprint density at radius 1 is 1.13 bits per heavy atom. The van der Waals surface area contributed by atoms with Gasteiger partial charge >= 0.3 is 5.97 Å². The monoisotopic (exact) mass is 216 g/mol. The van der Waals surface area contributed by atoms with Crippen molar-refractivity contribution < 1.29 is 14.6 Å². The Morgan fingerprint density at radius 3 is 2.33 bits per heavy atom. The van der Waals surface area contributed by atoms with Gasteiger partial charge in [-0.3, -0.25) is 4.79 Å². The molecule has 3 heteroatoms. The van der Waals surface area contributed by atoms with Crippen molar-refractivity contribution in [2.45, 2.75) is 71.5 Å². The van der Waals surface area contributed by atoms with Crippen LogP contribution >= 0.6 is 0 Å². The maximum Gasteiger partial charge on any atom is 0.308 e. The SMILES string of the molecule is CCCCCCCCC(=O)OC(O)CC. The van der Waals surface area contributed by atoms with Gasteiger partial charge in [-0.05, 0) is 6.42 Å². The van der Waals surface area contributed by atoms with Crippen LogP contribution in [0.15, 0.2) is 0 Å². The van der Waals surface area contributed by atoms with Crippen molar-refractivity contribution in [2.75, 3.05) is 0 Å². The number of unbranched alkanes of at least 4 members (excludes halogenated alkanes) is 5. The third-order valence-electron chi connectivity index (χ3n) is 2.35. The van der Waals surface area contributed by atoms with Crippen molar-refractivity contribution >= 4 is 5.97 Å². The quantitative estimate of drug-likeness (QED) is 0.366. The predicted octanol–water partition coefficient (Wildman–Crippen LogP) is 3.01. The van der Waals surface area contributed by atoms with Crippen LogP contribution in [-0.4, -0.2) is 17.4 Å². The highest BCUT2D eigenvalue weighted by atomic mass is 16.6. The molecule has 0 aromatic heterocycles. The fourth-order valence-electron chi connectivity index (χ4n) is 1.34. The summed E-state index contributed by atoms with van der Waals surface area (Å²) in [5, 5.41) is 9.06. The summed E-state index contributed by atoms with van der Waals surface area (Å²) in [5.74, 6) is -0.278. The first-order valence-electron chi connectivity index (χ1n) is 6.08. The average Bonchev–Trinajstić information content (AvgIpc) is 2.23. The van der Waals surface area contributed by atoms with E-state index in [1.54, 1.807) is 6.92 Å². The minimum atomic E-state index is -0.919. The van der Waals surface area contributed by atoms with Gasteiger partial charge in [0.15, 0.2) is 6.29 Å². The molecule has 1 N–H and O–H groups in total. The van der Waals surface area contributed by atoms with Gasteiger partial charge in [0.2, 0.25) is 0 Å². The van der Waals surface area contributed by atoms with Crippen molar-refractivity contribution in [1.82, 2.24) is 0 Å². The molecule has 0 aliphatic heterocycles. The molecule has 1 unspecified atom stereocenters. The van der Waals surface area contributed by atoms with E-state index in [4.69, 9.17) is 9.84 Å². The van der Waals surface area contributed by atoms with Gasteiger partial charge in [-0.25, -0.2) is 0 Å². The molecule has 0 radical (unpaired) electrons. The summed E-state index contributed by atoms with van der Waals surface area (Å²) in [7, 11) is 0. The molecule has 90 valence electrons. The summed E-state index contributed by atoms with van der Waals surface area (Å²) in [4.78, 5) is 11.1. The van der Waals surface area contributed by atoms with Gasteiger partial charge in [0.05, 0.1) is 0 Å². The highest BCUT2D eigenvalue weighted by Gasteiger charge is 2.07. The van der Waals surface area contributed by atoms with Crippen LogP contribution in [0, 0.1) is 0 Å². The van der Waals surface area contributed by atoms with Gasteiger partial charge in [0, 0.05) is 12.8 Å². The third-order valence-corrected chi connectivity index (χ3v) is 2.35. The molecule has 0 aliphatic rings. The first-order chi connectivity index (χ1) is 7.20. The molecule has 0 amide bonds. The van der Waals surface area contributed by atoms with Crippen molar-refractivity contribution in [2.24, 2.45) is 0 Å². The van der Waals surface area contributed by atoms with E-state index in [9.17, 15) is 4.79 Å². The van der Waals surface area contributed by atoms with Gasteiger partial charge in [-0.1, -0.05) is 46.0 Å². The topological polar surface area (TPSA) is 46.5 Å². The molecule has 0 saturated heterocycles. The zero-order valence-corrected chi connectivity index (χ0v) is 10.00. The molecule has 0 heterocycles. The third kappa shape index (κ3) is 9.73. The molecule has 15 heavy (non-hydrogen) atoms. The molecule has 1 atom stereocenters. The van der Waals surface area contributed by atoms with E-state index in [-0.39, 0.29) is 5.97 Å². The van der Waals surface area contributed by atoms with Crippen LogP contribution in [0.25, 0.3) is 0 Å². The van der Waals surface area contributed by atoms with E-state index in [0.29, 0.717) is 12.8 Å². The number of carbonyl (C=O) groups excluding carboxylic acids is 1. The molecule has 0 aliphatic carbocycles. The smallest absolute Gasteiger partial charge is 0.308 e. The number of ether oxygens (including phenoxy) is 1. The van der Waals surface area contributed by atoms with Crippen LogP contribution in [0.2, 0.25) is 0 Å². The maximum absolute atomic E-state index is 11.1. The van der Waals surface area contributed by atoms with Crippen LogP contribution in [0.3, 0.4) is 0 Å². The second-order valence-corrected chi connectivity index (χ2v) is 3.87. The maximum atomic E-state index is 11.1. The fraction of sp³-hybridized carbons (Fsp3) is 0.917. The second kappa shape index (κ2) is 9.97. The average molecular weight is 216 g/mol. The zero-order chi connectivity index (χ0) is 11.5. The standard InChI is InChI=1S/C12H24O3/c1-3-5-6-7-8-9-10-12(14)15-11(13)4-2/h11,13H,3-10H2,1-2H3. The van der Waals surface area contributed by atoms with Gasteiger partial charge in [-0.15, -0.1) is 0 Å². The predicted molar refractivity (Wildman–Crippen MR) is 60.4 cm³/mol. The number of hydrogen-bond acceptors (Lipinski definition) is 3. The number of rotatable bonds is 9. The number of carbonyl (C=O) groups is 1. The lowest BCUT2D eigenvalue weighted by Crippen LogP contribution is -2.16. The van der Waals surface area contributed by atoms with E-state index in [1.807, 2.05) is 0 Å². The molecule has 0 saturated carbocycles. The lowest BCUT2D eigenvalue weighted by molar-refractivity contribution is -0.168. The van der Waals surface area contributed by atoms with E-state index >= 15 is 0 Å². The van der Waals surface area contributed by atoms with Crippen molar-refractivity contribution in [3.8, 4) is 0 Å². The lowest BCUT2D eigenvalue weighted by Gasteiger charge is -2.09. The fourth-order valence-corrected chi connectivity index (χ4v) is 1.34. The number of aliphatic hydroxyl groups is 1. The molecule has 0 fully saturated rings. The van der Waals surface area contributed by atoms with E-state index in [2.05, 4.69) is 6.92 Å². The Bertz CT molecular complexity index is 157. The van der Waals surface area contributed by atoms with Crippen LogP contribution in [-0.2, 0) is 9.53 Å². The largest absolute Gasteiger partial charge is 0.436 e. The second-order valence-electron chi connectivity index (χ2n) is 3.87. The lowest BCUT2D eigenvalue weighted by atomic mass is 10.1. The molecule has 0 bridgehead atoms. The Labute approximate surface area is 92.8 Å². The molecule has 0 spiro atoms. The van der Waals surface area contributed by atoms with E-state index in [1.165, 1.54) is 25.7 Å². The Balaban J connectivity index is 3.24. The van der Waals surface area contributed by atoms with Crippen LogP contribution in [0.4, 0.5) is 0 Å². The summed E-state index contributed by atoms with van der Waals surface area (Å²) < 4.78 is 4.74. The van der Waals surface area contributed by atoms with Crippen molar-refractivity contribution in [3.63, 3.8) is 0 Å². The Kier molecular flexibility index (Phi) is 9.59. The van der Waals surface area contributed by atoms with Crippen LogP contribution in [0.5, 0.6) is 0 Å². The van der Waals surface area contributed by atoms with Gasteiger partial charge in [0.1, 0.15) is 0 Å². The molecule has 0 aromatic rings. The number of aliphatic hydroxyl groups excluding tert-OH is 1. The molecule has 0 rings (SSSR count). The molecule has 3 nitrogen and oxygen atoms in total. The Hall–Kier alpha value is -0.570. The summed E-state index contributed by atoms with van der Waals surface area (Å²) in [6.07, 6.45) is 6.89. The minimum absolute atomic E-state index is 0.278. The number of hydrogen-bond donors (Lipinski definition) is 1. The summed E-state index contributed by atoms with van der Waals surface area (Å²) in [6.45, 7) is 3.96. The van der Waals surface area contributed by atoms with Gasteiger partial charge in [-0.2, -0.15) is 0 Å². The van der Waals surface area contributed by atoms with Gasteiger partial charge < -0.3 is 9.84 Å². The first-order valence-corrected chi connectivity index (χ1v) is 6.08. The van der Waals surface area contributed by atoms with Crippen molar-refractivity contribution in [3.05, 3.63) is 0 Å². The summed E-state index contributed by atoms with van der Waals surface area (Å²) >= 11 is 0. The van der Waals surface area contributed by atoms with Crippen molar-refractivity contribution in [1.29, 1.82) is 0 Å². The van der Waals surface area contributed by atoms with Crippen LogP contribution < -0.4 is 0 Å². The van der Waals surface area contributed by atoms with E-state index < -0.39 is 6.29 Å². The number of esters is 1. The summed E-state index contributed by atoms with van der Waals surface area (Å²) in [6, 6.07) is 0. The highest BCUT2D eigenvalue weighted by Crippen LogP contribution is 2.08. The zero-order valence-electron chi connectivity index (χ0n) is 10.00. The highest BCUT2D eigenvalue weighted by molar-refractivity contribution is 5.69. The Morgan fingerprint density at radius 2 is 1.73 bits per heavy atom. The van der Waals surface area contributed by atoms with Gasteiger partial charge in [0.25, 0.3) is 0 Å². The summed E-state index contributed by atoms with van der Waals surface area (Å²) in [5.41, 5.74) is 0. The molecular formula is C12H24O3. The molecule has 0 aromatic carbocycles.